The van der Waals surface area contributed by atoms with Gasteiger partial charge in [-0.05, 0) is 50.9 Å². The van der Waals surface area contributed by atoms with Crippen LogP contribution in [0.5, 0.6) is 5.75 Å². The number of carboxylic acids is 1. The first-order valence-corrected chi connectivity index (χ1v) is 7.08. The minimum absolute atomic E-state index is 0.379. The second-order valence-electron chi connectivity index (χ2n) is 5.36. The van der Waals surface area contributed by atoms with Gasteiger partial charge in [-0.2, -0.15) is 0 Å². The van der Waals surface area contributed by atoms with E-state index in [-0.39, 0.29) is 0 Å². The molecule has 1 atom stereocenters. The fraction of sp³-hybridized carbons (Fsp3) is 0.562. The Hall–Kier alpha value is -1.55. The van der Waals surface area contributed by atoms with Crippen molar-refractivity contribution in [3.05, 3.63) is 29.3 Å². The molecule has 0 amide bonds. The Labute approximate surface area is 121 Å². The highest BCUT2D eigenvalue weighted by Crippen LogP contribution is 2.21. The van der Waals surface area contributed by atoms with E-state index in [4.69, 9.17) is 4.74 Å². The zero-order valence-corrected chi connectivity index (χ0v) is 12.8. The van der Waals surface area contributed by atoms with Crippen molar-refractivity contribution in [1.29, 1.82) is 0 Å². The van der Waals surface area contributed by atoms with Crippen LogP contribution in [-0.4, -0.2) is 29.8 Å². The molecular weight excluding hydrogens is 254 g/mol. The number of rotatable bonds is 8. The third-order valence-electron chi connectivity index (χ3n) is 3.65. The molecule has 1 aromatic carbocycles. The van der Waals surface area contributed by atoms with Gasteiger partial charge in [0.25, 0.3) is 0 Å². The minimum Gasteiger partial charge on any atom is -0.493 e. The van der Waals surface area contributed by atoms with E-state index in [1.807, 2.05) is 39.0 Å². The number of carboxylic acid groups (broad SMARTS) is 1. The van der Waals surface area contributed by atoms with E-state index < -0.39 is 11.5 Å². The Balaban J connectivity index is 2.60. The fourth-order valence-electron chi connectivity index (χ4n) is 1.92. The molecule has 112 valence electrons. The molecule has 0 saturated heterocycles. The molecule has 0 fully saturated rings. The monoisotopic (exact) mass is 279 g/mol. The summed E-state index contributed by atoms with van der Waals surface area (Å²) in [4.78, 5) is 11.4. The number of hydrogen-bond acceptors (Lipinski definition) is 3. The number of hydrogen-bond donors (Lipinski definition) is 2. The van der Waals surface area contributed by atoms with Gasteiger partial charge >= 0.3 is 5.97 Å². The summed E-state index contributed by atoms with van der Waals surface area (Å²) < 4.78 is 5.74. The highest BCUT2D eigenvalue weighted by Gasteiger charge is 2.32. The van der Waals surface area contributed by atoms with E-state index in [1.165, 1.54) is 5.56 Å². The van der Waals surface area contributed by atoms with Crippen LogP contribution in [0.25, 0.3) is 0 Å². The molecule has 4 nitrogen and oxygen atoms in total. The highest BCUT2D eigenvalue weighted by molar-refractivity contribution is 5.78. The average Bonchev–Trinajstić information content (AvgIpc) is 2.41. The van der Waals surface area contributed by atoms with Gasteiger partial charge in [-0.3, -0.25) is 4.79 Å². The summed E-state index contributed by atoms with van der Waals surface area (Å²) in [6.07, 6.45) is 1.33. The third-order valence-corrected chi connectivity index (χ3v) is 3.65. The summed E-state index contributed by atoms with van der Waals surface area (Å²) in [5.74, 6) is -0.0104. The summed E-state index contributed by atoms with van der Waals surface area (Å²) >= 11 is 0. The number of nitrogens with one attached hydrogen (secondary N) is 1. The van der Waals surface area contributed by atoms with Crippen LogP contribution in [0, 0.1) is 13.8 Å². The topological polar surface area (TPSA) is 58.6 Å². The predicted molar refractivity (Wildman–Crippen MR) is 80.4 cm³/mol. The number of benzene rings is 1. The van der Waals surface area contributed by atoms with Gasteiger partial charge in [0.1, 0.15) is 11.3 Å². The zero-order valence-electron chi connectivity index (χ0n) is 12.8. The second kappa shape index (κ2) is 7.29. The normalized spacial score (nSPS) is 13.8. The van der Waals surface area contributed by atoms with Crippen molar-refractivity contribution in [3.8, 4) is 5.75 Å². The minimum atomic E-state index is -0.937. The first-order chi connectivity index (χ1) is 9.40. The smallest absolute Gasteiger partial charge is 0.323 e. The van der Waals surface area contributed by atoms with E-state index in [9.17, 15) is 9.90 Å². The SMILES string of the molecule is CCCNC(C)(CCOc1cccc(C)c1C)C(=O)O. The van der Waals surface area contributed by atoms with Gasteiger partial charge in [-0.1, -0.05) is 19.1 Å². The van der Waals surface area contributed by atoms with Gasteiger partial charge in [0.15, 0.2) is 0 Å². The summed E-state index contributed by atoms with van der Waals surface area (Å²) in [5, 5.41) is 12.4. The largest absolute Gasteiger partial charge is 0.493 e. The molecule has 1 unspecified atom stereocenters. The van der Waals surface area contributed by atoms with Gasteiger partial charge in [0.05, 0.1) is 6.61 Å². The lowest BCUT2D eigenvalue weighted by Crippen LogP contribution is -2.50. The first kappa shape index (κ1) is 16.5. The van der Waals surface area contributed by atoms with Crippen molar-refractivity contribution in [3.63, 3.8) is 0 Å². The number of aryl methyl sites for hydroxylation is 1. The zero-order chi connectivity index (χ0) is 15.2. The van der Waals surface area contributed by atoms with Gasteiger partial charge in [-0.15, -0.1) is 0 Å². The van der Waals surface area contributed by atoms with E-state index >= 15 is 0 Å². The molecule has 0 aliphatic heterocycles. The van der Waals surface area contributed by atoms with Crippen molar-refractivity contribution in [2.45, 2.75) is 46.1 Å². The van der Waals surface area contributed by atoms with Crippen LogP contribution in [0.3, 0.4) is 0 Å². The Morgan fingerprint density at radius 1 is 1.40 bits per heavy atom. The standard InChI is InChI=1S/C16H25NO3/c1-5-10-17-16(4,15(18)19)9-11-20-14-8-6-7-12(2)13(14)3/h6-8,17H,5,9-11H2,1-4H3,(H,18,19). The van der Waals surface area contributed by atoms with Crippen LogP contribution in [0.1, 0.15) is 37.8 Å². The molecule has 0 radical (unpaired) electrons. The van der Waals surface area contributed by atoms with Crippen LogP contribution >= 0.6 is 0 Å². The quantitative estimate of drug-likeness (QED) is 0.768. The molecule has 0 spiro atoms. The molecule has 0 aliphatic rings. The molecule has 20 heavy (non-hydrogen) atoms. The maximum atomic E-state index is 11.4. The van der Waals surface area contributed by atoms with E-state index in [0.717, 1.165) is 17.7 Å². The summed E-state index contributed by atoms with van der Waals surface area (Å²) in [7, 11) is 0. The lowest BCUT2D eigenvalue weighted by Gasteiger charge is -2.26. The average molecular weight is 279 g/mol. The van der Waals surface area contributed by atoms with Crippen molar-refractivity contribution in [2.75, 3.05) is 13.2 Å². The third kappa shape index (κ3) is 4.23. The molecule has 1 rings (SSSR count). The van der Waals surface area contributed by atoms with Crippen LogP contribution in [0.15, 0.2) is 18.2 Å². The molecule has 0 aliphatic carbocycles. The number of aliphatic carboxylic acids is 1. The summed E-state index contributed by atoms with van der Waals surface area (Å²) in [6, 6.07) is 5.90. The number of carbonyl (C=O) groups is 1. The van der Waals surface area contributed by atoms with Gasteiger partial charge < -0.3 is 15.2 Å². The molecule has 0 saturated carbocycles. The van der Waals surface area contributed by atoms with Crippen molar-refractivity contribution >= 4 is 5.97 Å². The van der Waals surface area contributed by atoms with Crippen molar-refractivity contribution in [1.82, 2.24) is 5.32 Å². The van der Waals surface area contributed by atoms with Crippen LogP contribution in [-0.2, 0) is 4.79 Å². The lowest BCUT2D eigenvalue weighted by atomic mass is 9.98. The number of ether oxygens (including phenoxy) is 1. The summed E-state index contributed by atoms with van der Waals surface area (Å²) in [5.41, 5.74) is 1.34. The van der Waals surface area contributed by atoms with E-state index in [1.54, 1.807) is 6.92 Å². The first-order valence-electron chi connectivity index (χ1n) is 7.08. The van der Waals surface area contributed by atoms with Gasteiger partial charge in [0, 0.05) is 6.42 Å². The Kier molecular flexibility index (Phi) is 6.02. The maximum Gasteiger partial charge on any atom is 0.323 e. The van der Waals surface area contributed by atoms with Crippen LogP contribution < -0.4 is 10.1 Å². The second-order valence-corrected chi connectivity index (χ2v) is 5.36. The van der Waals surface area contributed by atoms with Crippen LogP contribution in [0.2, 0.25) is 0 Å². The Bertz CT molecular complexity index is 459. The Morgan fingerprint density at radius 3 is 2.70 bits per heavy atom. The molecule has 4 heteroatoms. The van der Waals surface area contributed by atoms with E-state index in [2.05, 4.69) is 5.32 Å². The Morgan fingerprint density at radius 2 is 2.10 bits per heavy atom. The maximum absolute atomic E-state index is 11.4. The molecule has 0 aromatic heterocycles. The highest BCUT2D eigenvalue weighted by atomic mass is 16.5. The molecule has 1 aromatic rings. The van der Waals surface area contributed by atoms with Crippen LogP contribution in [0.4, 0.5) is 0 Å². The van der Waals surface area contributed by atoms with Gasteiger partial charge in [0.2, 0.25) is 0 Å². The fourth-order valence-corrected chi connectivity index (χ4v) is 1.92. The molecule has 2 N–H and O–H groups in total. The summed E-state index contributed by atoms with van der Waals surface area (Å²) in [6.45, 7) is 8.83. The molecular formula is C16H25NO3. The molecule has 0 heterocycles. The predicted octanol–water partition coefficient (Wildman–Crippen LogP) is 2.92. The van der Waals surface area contributed by atoms with E-state index in [0.29, 0.717) is 19.6 Å². The molecule has 0 bridgehead atoms. The van der Waals surface area contributed by atoms with Crippen molar-refractivity contribution < 1.29 is 14.6 Å². The lowest BCUT2D eigenvalue weighted by molar-refractivity contribution is -0.144. The van der Waals surface area contributed by atoms with Crippen molar-refractivity contribution in [2.24, 2.45) is 0 Å². The van der Waals surface area contributed by atoms with Gasteiger partial charge in [-0.25, -0.2) is 0 Å².